The van der Waals surface area contributed by atoms with E-state index in [1.165, 1.54) is 12.1 Å². The summed E-state index contributed by atoms with van der Waals surface area (Å²) in [5.74, 6) is 0.0720. The largest absolute Gasteiger partial charge is 0.508 e. The van der Waals surface area contributed by atoms with Crippen LogP contribution in [0.25, 0.3) is 10.9 Å². The quantitative estimate of drug-likeness (QED) is 0.549. The van der Waals surface area contributed by atoms with Crippen LogP contribution < -0.4 is 0 Å². The molecule has 0 aliphatic carbocycles. The number of aromatic hydroxyl groups is 2. The molecule has 2 rings (SSSR count). The van der Waals surface area contributed by atoms with Crippen LogP contribution in [0.15, 0.2) is 12.1 Å². The van der Waals surface area contributed by atoms with Crippen molar-refractivity contribution in [2.24, 2.45) is 0 Å². The van der Waals surface area contributed by atoms with Gasteiger partial charge in [0, 0.05) is 17.8 Å². The second kappa shape index (κ2) is 2.14. The van der Waals surface area contributed by atoms with Gasteiger partial charge >= 0.3 is 0 Å². The minimum atomic E-state index is 0.0199. The normalized spacial score (nSPS) is 10.8. The van der Waals surface area contributed by atoms with Crippen molar-refractivity contribution in [1.29, 1.82) is 0 Å². The fourth-order valence-electron chi connectivity index (χ4n) is 1.27. The molecule has 0 saturated carbocycles. The smallest absolute Gasteiger partial charge is 0.130 e. The van der Waals surface area contributed by atoms with Gasteiger partial charge < -0.3 is 10.2 Å². The van der Waals surface area contributed by atoms with Crippen LogP contribution in [0.5, 0.6) is 11.5 Å². The number of hydrogen-bond acceptors (Lipinski definition) is 3. The first-order chi connectivity index (χ1) is 5.68. The molecule has 3 N–H and O–H groups in total. The number of phenolic OH excluding ortho intramolecular Hbond substituents is 2. The molecule has 0 fully saturated rings. The Hall–Kier alpha value is -1.71. The van der Waals surface area contributed by atoms with Gasteiger partial charge in [-0.05, 0) is 6.92 Å². The molecule has 0 atom stereocenters. The number of aromatic nitrogens is 2. The van der Waals surface area contributed by atoms with Gasteiger partial charge in [0.15, 0.2) is 0 Å². The van der Waals surface area contributed by atoms with E-state index in [1.807, 2.05) is 6.92 Å². The number of aryl methyl sites for hydroxylation is 1. The Morgan fingerprint density at radius 1 is 1.33 bits per heavy atom. The summed E-state index contributed by atoms with van der Waals surface area (Å²) < 4.78 is 0. The molecule has 0 radical (unpaired) electrons. The molecule has 1 aromatic heterocycles. The molecule has 12 heavy (non-hydrogen) atoms. The Morgan fingerprint density at radius 2 is 2.08 bits per heavy atom. The number of nitrogens with one attached hydrogen (secondary N) is 1. The highest BCUT2D eigenvalue weighted by Gasteiger charge is 2.07. The predicted octanol–water partition coefficient (Wildman–Crippen LogP) is 1.28. The average molecular weight is 164 g/mol. The molecule has 0 bridgehead atoms. The molecule has 1 aromatic carbocycles. The van der Waals surface area contributed by atoms with Gasteiger partial charge in [-0.1, -0.05) is 0 Å². The van der Waals surface area contributed by atoms with Crippen molar-refractivity contribution >= 4 is 10.9 Å². The van der Waals surface area contributed by atoms with Gasteiger partial charge in [-0.25, -0.2) is 0 Å². The van der Waals surface area contributed by atoms with Crippen molar-refractivity contribution in [1.82, 2.24) is 10.2 Å². The van der Waals surface area contributed by atoms with Crippen LogP contribution in [0.4, 0.5) is 0 Å². The highest BCUT2D eigenvalue weighted by Crippen LogP contribution is 2.29. The topological polar surface area (TPSA) is 69.1 Å². The number of benzene rings is 1. The Kier molecular flexibility index (Phi) is 1.24. The summed E-state index contributed by atoms with van der Waals surface area (Å²) in [6.07, 6.45) is 0. The molecule has 62 valence electrons. The Bertz CT molecular complexity index is 434. The lowest BCUT2D eigenvalue weighted by molar-refractivity contribution is 0.455. The molecule has 0 amide bonds. The minimum Gasteiger partial charge on any atom is -0.508 e. The number of aromatic amines is 1. The van der Waals surface area contributed by atoms with E-state index in [9.17, 15) is 5.11 Å². The van der Waals surface area contributed by atoms with Crippen molar-refractivity contribution in [3.05, 3.63) is 17.8 Å². The summed E-state index contributed by atoms with van der Waals surface area (Å²) in [6, 6.07) is 2.80. The Morgan fingerprint density at radius 3 is 2.83 bits per heavy atom. The third-order valence-corrected chi connectivity index (χ3v) is 1.80. The summed E-state index contributed by atoms with van der Waals surface area (Å²) in [5.41, 5.74) is 1.37. The summed E-state index contributed by atoms with van der Waals surface area (Å²) >= 11 is 0. The molecule has 4 nitrogen and oxygen atoms in total. The summed E-state index contributed by atoms with van der Waals surface area (Å²) in [6.45, 7) is 1.81. The monoisotopic (exact) mass is 164 g/mol. The van der Waals surface area contributed by atoms with Gasteiger partial charge in [-0.15, -0.1) is 0 Å². The Balaban J connectivity index is 2.93. The van der Waals surface area contributed by atoms with E-state index in [-0.39, 0.29) is 11.5 Å². The highest BCUT2D eigenvalue weighted by atomic mass is 16.3. The summed E-state index contributed by atoms with van der Waals surface area (Å²) in [5, 5.41) is 25.8. The minimum absolute atomic E-state index is 0.0199. The van der Waals surface area contributed by atoms with Crippen molar-refractivity contribution in [3.63, 3.8) is 0 Å². The van der Waals surface area contributed by atoms with E-state index >= 15 is 0 Å². The van der Waals surface area contributed by atoms with Crippen LogP contribution in [0.1, 0.15) is 5.69 Å². The molecule has 1 heterocycles. The number of phenols is 2. The second-order valence-electron chi connectivity index (χ2n) is 2.71. The van der Waals surface area contributed by atoms with Gasteiger partial charge in [0.1, 0.15) is 11.5 Å². The van der Waals surface area contributed by atoms with E-state index in [1.54, 1.807) is 0 Å². The van der Waals surface area contributed by atoms with Crippen LogP contribution in [0.3, 0.4) is 0 Å². The fraction of sp³-hybridized carbons (Fsp3) is 0.125. The number of fused-ring (bicyclic) bond motifs is 1. The van der Waals surface area contributed by atoms with E-state index in [4.69, 9.17) is 5.11 Å². The molecule has 2 aromatic rings. The lowest BCUT2D eigenvalue weighted by Crippen LogP contribution is -1.72. The standard InChI is InChI=1S/C8H8N2O2/c1-4-8-6(10-9-4)2-5(11)3-7(8)12/h2-3,11-12H,1H3,(H,9,10). The van der Waals surface area contributed by atoms with E-state index in [0.717, 1.165) is 5.69 Å². The molecule has 0 saturated heterocycles. The number of nitrogens with zero attached hydrogens (tertiary/aromatic N) is 1. The number of rotatable bonds is 0. The maximum absolute atomic E-state index is 9.40. The number of H-pyrrole nitrogens is 1. The molecule has 4 heteroatoms. The van der Waals surface area contributed by atoms with Crippen molar-refractivity contribution < 1.29 is 10.2 Å². The van der Waals surface area contributed by atoms with Gasteiger partial charge in [0.25, 0.3) is 0 Å². The molecule has 0 aliphatic heterocycles. The molecule has 0 unspecified atom stereocenters. The average Bonchev–Trinajstić information content (AvgIpc) is 2.31. The first kappa shape index (κ1) is 6.97. The molecule has 0 spiro atoms. The number of hydrogen-bond donors (Lipinski definition) is 3. The fourth-order valence-corrected chi connectivity index (χ4v) is 1.27. The second-order valence-corrected chi connectivity index (χ2v) is 2.71. The van der Waals surface area contributed by atoms with Crippen LogP contribution >= 0.6 is 0 Å². The van der Waals surface area contributed by atoms with Crippen molar-refractivity contribution in [2.75, 3.05) is 0 Å². The van der Waals surface area contributed by atoms with Crippen LogP contribution in [-0.2, 0) is 0 Å². The first-order valence-corrected chi connectivity index (χ1v) is 3.55. The van der Waals surface area contributed by atoms with Gasteiger partial charge in [0.05, 0.1) is 10.9 Å². The predicted molar refractivity (Wildman–Crippen MR) is 44.2 cm³/mol. The summed E-state index contributed by atoms with van der Waals surface area (Å²) in [7, 11) is 0. The SMILES string of the molecule is Cc1[nH]nc2cc(O)cc(O)c12. The van der Waals surface area contributed by atoms with Crippen molar-refractivity contribution in [2.45, 2.75) is 6.92 Å². The van der Waals surface area contributed by atoms with Crippen LogP contribution in [0, 0.1) is 6.92 Å². The molecular weight excluding hydrogens is 156 g/mol. The maximum Gasteiger partial charge on any atom is 0.130 e. The highest BCUT2D eigenvalue weighted by molar-refractivity contribution is 5.88. The first-order valence-electron chi connectivity index (χ1n) is 3.55. The summed E-state index contributed by atoms with van der Waals surface area (Å²) in [4.78, 5) is 0. The van der Waals surface area contributed by atoms with Gasteiger partial charge in [-0.3, -0.25) is 5.10 Å². The van der Waals surface area contributed by atoms with Crippen LogP contribution in [-0.4, -0.2) is 20.4 Å². The zero-order valence-corrected chi connectivity index (χ0v) is 6.50. The third-order valence-electron chi connectivity index (χ3n) is 1.80. The van der Waals surface area contributed by atoms with E-state index in [0.29, 0.717) is 10.9 Å². The van der Waals surface area contributed by atoms with Gasteiger partial charge in [0.2, 0.25) is 0 Å². The van der Waals surface area contributed by atoms with Crippen LogP contribution in [0.2, 0.25) is 0 Å². The van der Waals surface area contributed by atoms with Crippen molar-refractivity contribution in [3.8, 4) is 11.5 Å². The zero-order chi connectivity index (χ0) is 8.72. The van der Waals surface area contributed by atoms with E-state index < -0.39 is 0 Å². The van der Waals surface area contributed by atoms with Gasteiger partial charge in [-0.2, -0.15) is 5.10 Å². The molecule has 0 aliphatic rings. The molecular formula is C8H8N2O2. The lowest BCUT2D eigenvalue weighted by Gasteiger charge is -1.95. The maximum atomic E-state index is 9.40. The zero-order valence-electron chi connectivity index (χ0n) is 6.50. The third kappa shape index (κ3) is 0.812. The Labute approximate surface area is 68.5 Å². The lowest BCUT2D eigenvalue weighted by atomic mass is 10.2. The van der Waals surface area contributed by atoms with E-state index in [2.05, 4.69) is 10.2 Å².